The molecule has 0 amide bonds. The van der Waals surface area contributed by atoms with Crippen molar-refractivity contribution in [1.82, 2.24) is 9.97 Å². The van der Waals surface area contributed by atoms with E-state index in [2.05, 4.69) is 15.3 Å². The van der Waals surface area contributed by atoms with E-state index in [0.29, 0.717) is 10.9 Å². The minimum absolute atomic E-state index is 0.0905. The van der Waals surface area contributed by atoms with Crippen molar-refractivity contribution in [1.29, 1.82) is 0 Å². The molecule has 1 aromatic carbocycles. The number of halogens is 3. The molecular weight excluding hydrogens is 475 g/mol. The van der Waals surface area contributed by atoms with Crippen molar-refractivity contribution in [2.45, 2.75) is 10.4 Å². The zero-order valence-electron chi connectivity index (χ0n) is 16.2. The Morgan fingerprint density at radius 2 is 1.84 bits per heavy atom. The molecule has 3 rings (SSSR count). The Kier molecular flexibility index (Phi) is 6.50. The van der Waals surface area contributed by atoms with Crippen LogP contribution in [0.4, 0.5) is 36.1 Å². The largest absolute Gasteiger partial charge is 0.480 e. The van der Waals surface area contributed by atoms with Gasteiger partial charge in [0.05, 0.1) is 32.1 Å². The molecule has 0 aliphatic heterocycles. The minimum atomic E-state index is -4.97. The lowest BCUT2D eigenvalue weighted by molar-refractivity contribution is -0.393. The van der Waals surface area contributed by atoms with Gasteiger partial charge in [0.2, 0.25) is 5.88 Å². The molecule has 15 heteroatoms. The van der Waals surface area contributed by atoms with E-state index in [1.807, 2.05) is 6.26 Å². The highest BCUT2D eigenvalue weighted by molar-refractivity contribution is 8.00. The average molecular weight is 487 g/mol. The predicted octanol–water partition coefficient (Wildman–Crippen LogP) is 5.51. The number of thioether (sulfide) groups is 1. The van der Waals surface area contributed by atoms with Gasteiger partial charge >= 0.3 is 6.18 Å². The normalized spacial score (nSPS) is 11.3. The van der Waals surface area contributed by atoms with Crippen molar-refractivity contribution in [2.24, 2.45) is 0 Å². The van der Waals surface area contributed by atoms with Crippen LogP contribution >= 0.6 is 23.1 Å². The second-order valence-corrected chi connectivity index (χ2v) is 8.13. The molecule has 32 heavy (non-hydrogen) atoms. The van der Waals surface area contributed by atoms with E-state index in [1.54, 1.807) is 12.1 Å². The molecule has 2 heterocycles. The van der Waals surface area contributed by atoms with E-state index in [4.69, 9.17) is 4.74 Å². The molecule has 0 radical (unpaired) electrons. The van der Waals surface area contributed by atoms with Gasteiger partial charge in [-0.05, 0) is 24.5 Å². The number of nitrogens with zero attached hydrogens (tertiary/aromatic N) is 4. The van der Waals surface area contributed by atoms with E-state index in [9.17, 15) is 33.4 Å². The molecule has 0 fully saturated rings. The van der Waals surface area contributed by atoms with Crippen LogP contribution in [0.3, 0.4) is 0 Å². The number of anilines is 2. The summed E-state index contributed by atoms with van der Waals surface area (Å²) in [7, 11) is 1.00. The van der Waals surface area contributed by atoms with Crippen LogP contribution < -0.4 is 10.1 Å². The van der Waals surface area contributed by atoms with Gasteiger partial charge in [-0.25, -0.2) is 4.98 Å². The van der Waals surface area contributed by atoms with Crippen molar-refractivity contribution in [3.63, 3.8) is 0 Å². The second kappa shape index (κ2) is 8.96. The van der Waals surface area contributed by atoms with E-state index in [-0.39, 0.29) is 5.82 Å². The lowest BCUT2D eigenvalue weighted by Gasteiger charge is -2.17. The van der Waals surface area contributed by atoms with Crippen molar-refractivity contribution in [3.05, 3.63) is 56.1 Å². The Morgan fingerprint density at radius 1 is 1.12 bits per heavy atom. The van der Waals surface area contributed by atoms with Crippen LogP contribution in [0.25, 0.3) is 10.7 Å². The quantitative estimate of drug-likeness (QED) is 0.260. The lowest BCUT2D eigenvalue weighted by atomic mass is 10.2. The van der Waals surface area contributed by atoms with Gasteiger partial charge in [-0.2, -0.15) is 18.2 Å². The highest BCUT2D eigenvalue weighted by atomic mass is 32.2. The third-order valence-corrected chi connectivity index (χ3v) is 6.16. The van der Waals surface area contributed by atoms with Crippen LogP contribution in [0.1, 0.15) is 5.56 Å². The maximum atomic E-state index is 13.8. The topological polar surface area (TPSA) is 133 Å². The van der Waals surface area contributed by atoms with Crippen molar-refractivity contribution >= 4 is 46.0 Å². The lowest BCUT2D eigenvalue weighted by Crippen LogP contribution is -2.15. The molecule has 0 saturated carbocycles. The maximum absolute atomic E-state index is 13.8. The zero-order valence-corrected chi connectivity index (χ0v) is 17.8. The molecule has 168 valence electrons. The molecule has 3 aromatic rings. The first-order valence-corrected chi connectivity index (χ1v) is 10.5. The van der Waals surface area contributed by atoms with Gasteiger partial charge in [0.1, 0.15) is 5.69 Å². The first kappa shape index (κ1) is 23.2. The number of thiophene rings is 1. The SMILES string of the molecule is COc1nc(-c2ccc(SC)s2)nc(Nc2ccc([N+](=O)[O-])cc2[N+](=O)[O-])c1C(F)(F)F. The highest BCUT2D eigenvalue weighted by Gasteiger charge is 2.40. The first-order chi connectivity index (χ1) is 15.0. The van der Waals surface area contributed by atoms with Gasteiger partial charge in [0.25, 0.3) is 11.4 Å². The summed E-state index contributed by atoms with van der Waals surface area (Å²) < 4.78 is 47.1. The van der Waals surface area contributed by atoms with E-state index < -0.39 is 50.3 Å². The van der Waals surface area contributed by atoms with E-state index >= 15 is 0 Å². The number of non-ortho nitro benzene ring substituents is 1. The van der Waals surface area contributed by atoms with Crippen LogP contribution in [0, 0.1) is 20.2 Å². The van der Waals surface area contributed by atoms with Crippen LogP contribution in [-0.4, -0.2) is 33.2 Å². The number of rotatable bonds is 7. The van der Waals surface area contributed by atoms with Crippen molar-refractivity contribution in [2.75, 3.05) is 18.7 Å². The molecule has 0 atom stereocenters. The summed E-state index contributed by atoms with van der Waals surface area (Å²) in [6.45, 7) is 0. The smallest absolute Gasteiger partial charge is 0.425 e. The molecule has 0 saturated heterocycles. The Balaban J connectivity index is 2.21. The number of nitro groups is 2. The molecule has 0 unspecified atom stereocenters. The van der Waals surface area contributed by atoms with E-state index in [0.717, 1.165) is 23.5 Å². The van der Waals surface area contributed by atoms with Crippen molar-refractivity contribution < 1.29 is 27.8 Å². The Labute approximate surface area is 185 Å². The van der Waals surface area contributed by atoms with Gasteiger partial charge in [0.15, 0.2) is 17.2 Å². The highest BCUT2D eigenvalue weighted by Crippen LogP contribution is 2.43. The summed E-state index contributed by atoms with van der Waals surface area (Å²) in [5.41, 5.74) is -3.19. The predicted molar refractivity (Wildman–Crippen MR) is 112 cm³/mol. The molecular formula is C17H12F3N5O5S2. The summed E-state index contributed by atoms with van der Waals surface area (Å²) in [6, 6.07) is 5.86. The number of aromatic nitrogens is 2. The van der Waals surface area contributed by atoms with Crippen LogP contribution in [0.15, 0.2) is 34.5 Å². The van der Waals surface area contributed by atoms with E-state index in [1.165, 1.54) is 23.1 Å². The summed E-state index contributed by atoms with van der Waals surface area (Å²) in [5, 5.41) is 24.6. The van der Waals surface area contributed by atoms with Crippen LogP contribution in [-0.2, 0) is 6.18 Å². The average Bonchev–Trinajstić information content (AvgIpc) is 3.21. The summed E-state index contributed by atoms with van der Waals surface area (Å²) in [4.78, 5) is 28.7. The fraction of sp³-hybridized carbons (Fsp3) is 0.176. The fourth-order valence-corrected chi connectivity index (χ4v) is 4.09. The molecule has 2 aromatic heterocycles. The summed E-state index contributed by atoms with van der Waals surface area (Å²) in [6.07, 6.45) is -3.15. The molecule has 0 bridgehead atoms. The zero-order chi connectivity index (χ0) is 23.6. The Hall–Kier alpha value is -3.46. The molecule has 0 aliphatic rings. The number of hydrogen-bond acceptors (Lipinski definition) is 10. The number of alkyl halides is 3. The Bertz CT molecular complexity index is 1200. The molecule has 0 aliphatic carbocycles. The summed E-state index contributed by atoms with van der Waals surface area (Å²) in [5.74, 6) is -1.67. The standard InChI is InChI=1S/C17H12F3N5O5S2/c1-30-16-13(17(18,19)20)15(22-14(23-16)11-5-6-12(31-2)32-11)21-9-4-3-8(24(26)27)7-10(9)25(28)29/h3-7H,1-2H3,(H,21,22,23). The Morgan fingerprint density at radius 3 is 2.38 bits per heavy atom. The minimum Gasteiger partial charge on any atom is -0.480 e. The molecule has 1 N–H and O–H groups in total. The number of benzene rings is 1. The maximum Gasteiger partial charge on any atom is 0.425 e. The van der Waals surface area contributed by atoms with Gasteiger partial charge in [-0.3, -0.25) is 20.2 Å². The summed E-state index contributed by atoms with van der Waals surface area (Å²) >= 11 is 2.66. The number of methoxy groups -OCH3 is 1. The number of nitrogens with one attached hydrogen (secondary N) is 1. The van der Waals surface area contributed by atoms with Crippen LogP contribution in [0.5, 0.6) is 5.88 Å². The molecule has 10 nitrogen and oxygen atoms in total. The third-order valence-electron chi connectivity index (χ3n) is 4.00. The van der Waals surface area contributed by atoms with Crippen molar-refractivity contribution in [3.8, 4) is 16.6 Å². The fourth-order valence-electron chi connectivity index (χ4n) is 2.61. The monoisotopic (exact) mass is 487 g/mol. The number of ether oxygens (including phenoxy) is 1. The third kappa shape index (κ3) is 4.72. The van der Waals surface area contributed by atoms with Gasteiger partial charge in [0, 0.05) is 6.07 Å². The number of hydrogen-bond donors (Lipinski definition) is 1. The van der Waals surface area contributed by atoms with Crippen LogP contribution in [0.2, 0.25) is 0 Å². The van der Waals surface area contributed by atoms with Gasteiger partial charge in [-0.1, -0.05) is 0 Å². The second-order valence-electron chi connectivity index (χ2n) is 5.94. The van der Waals surface area contributed by atoms with Gasteiger partial charge < -0.3 is 10.1 Å². The molecule has 0 spiro atoms. The van der Waals surface area contributed by atoms with Gasteiger partial charge in [-0.15, -0.1) is 23.1 Å². The number of nitro benzene ring substituents is 2. The first-order valence-electron chi connectivity index (χ1n) is 8.42.